The Morgan fingerprint density at radius 2 is 2.07 bits per heavy atom. The predicted octanol–water partition coefficient (Wildman–Crippen LogP) is 2.90. The Bertz CT molecular complexity index is 507. The second-order valence-electron chi connectivity index (χ2n) is 3.65. The smallest absolute Gasteiger partial charge is 0.144 e. The van der Waals surface area contributed by atoms with Crippen LogP contribution >= 0.6 is 0 Å². The fourth-order valence-corrected chi connectivity index (χ4v) is 1.69. The summed E-state index contributed by atoms with van der Waals surface area (Å²) in [5, 5.41) is 0. The van der Waals surface area contributed by atoms with E-state index >= 15 is 0 Å². The van der Waals surface area contributed by atoms with Gasteiger partial charge in [-0.25, -0.2) is 4.98 Å². The highest BCUT2D eigenvalue weighted by Gasteiger charge is 2.07. The Hall–Kier alpha value is -1.57. The van der Waals surface area contributed by atoms with Crippen LogP contribution in [0.25, 0.3) is 11.7 Å². The van der Waals surface area contributed by atoms with Gasteiger partial charge in [0.25, 0.3) is 0 Å². The van der Waals surface area contributed by atoms with Crippen molar-refractivity contribution >= 4 is 11.7 Å². The summed E-state index contributed by atoms with van der Waals surface area (Å²) < 4.78 is 2.13. The van der Waals surface area contributed by atoms with Crippen LogP contribution in [0, 0.1) is 20.8 Å². The minimum Gasteiger partial charge on any atom is -0.303 e. The van der Waals surface area contributed by atoms with Crippen LogP contribution in [0.4, 0.5) is 0 Å². The van der Waals surface area contributed by atoms with E-state index in [0.717, 1.165) is 16.9 Å². The van der Waals surface area contributed by atoms with E-state index in [4.69, 9.17) is 0 Å². The molecule has 14 heavy (non-hydrogen) atoms. The second-order valence-corrected chi connectivity index (χ2v) is 3.65. The number of aromatic nitrogens is 2. The molecule has 2 nitrogen and oxygen atoms in total. The van der Waals surface area contributed by atoms with Gasteiger partial charge in [-0.15, -0.1) is 0 Å². The zero-order valence-electron chi connectivity index (χ0n) is 8.83. The van der Waals surface area contributed by atoms with E-state index in [2.05, 4.69) is 42.1 Å². The number of imidazole rings is 1. The SMILES string of the molecule is C=Cc1cc(C)cn2c(C)c(C)nc12. The number of fused-ring (bicyclic) bond motifs is 1. The molecule has 2 heteroatoms. The first-order chi connectivity index (χ1) is 6.63. The van der Waals surface area contributed by atoms with Gasteiger partial charge in [-0.2, -0.15) is 0 Å². The average molecular weight is 186 g/mol. The quantitative estimate of drug-likeness (QED) is 0.669. The van der Waals surface area contributed by atoms with Crippen LogP contribution in [0.1, 0.15) is 22.5 Å². The number of hydrogen-bond donors (Lipinski definition) is 0. The summed E-state index contributed by atoms with van der Waals surface area (Å²) in [5.41, 5.74) is 5.61. The van der Waals surface area contributed by atoms with Gasteiger partial charge < -0.3 is 4.40 Å². The minimum atomic E-state index is 1.00. The van der Waals surface area contributed by atoms with E-state index in [9.17, 15) is 0 Å². The Morgan fingerprint density at radius 3 is 2.71 bits per heavy atom. The van der Waals surface area contributed by atoms with Crippen molar-refractivity contribution in [3.63, 3.8) is 0 Å². The molecule has 0 aromatic carbocycles. The van der Waals surface area contributed by atoms with Gasteiger partial charge in [-0.1, -0.05) is 12.7 Å². The van der Waals surface area contributed by atoms with Gasteiger partial charge in [-0.3, -0.25) is 0 Å². The van der Waals surface area contributed by atoms with Gasteiger partial charge in [0.1, 0.15) is 5.65 Å². The first-order valence-electron chi connectivity index (χ1n) is 4.72. The maximum absolute atomic E-state index is 4.52. The fraction of sp³-hybridized carbons (Fsp3) is 0.250. The molecule has 0 aliphatic heterocycles. The van der Waals surface area contributed by atoms with Crippen molar-refractivity contribution in [2.75, 3.05) is 0 Å². The number of aryl methyl sites for hydroxylation is 3. The molecule has 0 radical (unpaired) electrons. The van der Waals surface area contributed by atoms with Crippen LogP contribution in [0.3, 0.4) is 0 Å². The van der Waals surface area contributed by atoms with Crippen LogP contribution in [0.2, 0.25) is 0 Å². The third-order valence-electron chi connectivity index (χ3n) is 2.58. The highest BCUT2D eigenvalue weighted by Crippen LogP contribution is 2.17. The molecule has 0 aliphatic carbocycles. The highest BCUT2D eigenvalue weighted by molar-refractivity contribution is 5.66. The molecule has 0 spiro atoms. The highest BCUT2D eigenvalue weighted by atomic mass is 15.0. The summed E-state index contributed by atoms with van der Waals surface area (Å²) >= 11 is 0. The van der Waals surface area contributed by atoms with Gasteiger partial charge in [-0.05, 0) is 32.4 Å². The van der Waals surface area contributed by atoms with Crippen molar-refractivity contribution in [1.29, 1.82) is 0 Å². The lowest BCUT2D eigenvalue weighted by molar-refractivity contribution is 1.08. The van der Waals surface area contributed by atoms with Gasteiger partial charge >= 0.3 is 0 Å². The first-order valence-corrected chi connectivity index (χ1v) is 4.72. The summed E-state index contributed by atoms with van der Waals surface area (Å²) in [4.78, 5) is 4.52. The summed E-state index contributed by atoms with van der Waals surface area (Å²) in [6.45, 7) is 10.0. The monoisotopic (exact) mass is 186 g/mol. The standard InChI is InChI=1S/C12H14N2/c1-5-11-6-8(2)7-14-10(4)9(3)13-12(11)14/h5-7H,1H2,2-4H3. The van der Waals surface area contributed by atoms with Gasteiger partial charge in [0.2, 0.25) is 0 Å². The fourth-order valence-electron chi connectivity index (χ4n) is 1.69. The van der Waals surface area contributed by atoms with Gasteiger partial charge in [0, 0.05) is 17.5 Å². The molecule has 0 saturated carbocycles. The maximum Gasteiger partial charge on any atom is 0.144 e. The van der Waals surface area contributed by atoms with Crippen molar-refractivity contribution in [3.8, 4) is 0 Å². The van der Waals surface area contributed by atoms with E-state index in [1.807, 2.05) is 13.0 Å². The molecule has 2 aromatic rings. The van der Waals surface area contributed by atoms with E-state index < -0.39 is 0 Å². The van der Waals surface area contributed by atoms with Crippen molar-refractivity contribution in [2.45, 2.75) is 20.8 Å². The number of hydrogen-bond acceptors (Lipinski definition) is 1. The molecule has 2 rings (SSSR count). The van der Waals surface area contributed by atoms with Crippen molar-refractivity contribution < 1.29 is 0 Å². The summed E-state index contributed by atoms with van der Waals surface area (Å²) in [6, 6.07) is 2.11. The Kier molecular flexibility index (Phi) is 1.92. The molecular weight excluding hydrogens is 172 g/mol. The lowest BCUT2D eigenvalue weighted by atomic mass is 10.2. The molecule has 0 bridgehead atoms. The predicted molar refractivity (Wildman–Crippen MR) is 59.5 cm³/mol. The molecule has 0 aliphatic rings. The lowest BCUT2D eigenvalue weighted by Gasteiger charge is -2.02. The molecule has 0 fully saturated rings. The number of rotatable bonds is 1. The van der Waals surface area contributed by atoms with Crippen LogP contribution in [0.5, 0.6) is 0 Å². The zero-order valence-corrected chi connectivity index (χ0v) is 8.83. The van der Waals surface area contributed by atoms with E-state index in [-0.39, 0.29) is 0 Å². The topological polar surface area (TPSA) is 17.3 Å². The Balaban J connectivity index is 2.94. The molecule has 2 aromatic heterocycles. The van der Waals surface area contributed by atoms with Crippen LogP contribution in [-0.2, 0) is 0 Å². The van der Waals surface area contributed by atoms with Crippen molar-refractivity contribution in [1.82, 2.24) is 9.38 Å². The second kappa shape index (κ2) is 2.98. The Morgan fingerprint density at radius 1 is 1.36 bits per heavy atom. The largest absolute Gasteiger partial charge is 0.303 e. The van der Waals surface area contributed by atoms with E-state index in [1.54, 1.807) is 0 Å². The van der Waals surface area contributed by atoms with E-state index in [1.165, 1.54) is 11.3 Å². The summed E-state index contributed by atoms with van der Waals surface area (Å²) in [5.74, 6) is 0. The number of pyridine rings is 1. The molecular formula is C12H14N2. The van der Waals surface area contributed by atoms with Crippen molar-refractivity contribution in [3.05, 3.63) is 41.4 Å². The molecule has 0 N–H and O–H groups in total. The van der Waals surface area contributed by atoms with Crippen LogP contribution < -0.4 is 0 Å². The zero-order chi connectivity index (χ0) is 10.3. The first kappa shape index (κ1) is 9.00. The molecule has 0 amide bonds. The molecule has 0 saturated heterocycles. The normalized spacial score (nSPS) is 10.8. The summed E-state index contributed by atoms with van der Waals surface area (Å²) in [7, 11) is 0. The third-order valence-corrected chi connectivity index (χ3v) is 2.58. The third kappa shape index (κ3) is 1.15. The molecule has 72 valence electrons. The van der Waals surface area contributed by atoms with Crippen molar-refractivity contribution in [2.24, 2.45) is 0 Å². The van der Waals surface area contributed by atoms with E-state index in [0.29, 0.717) is 0 Å². The summed E-state index contributed by atoms with van der Waals surface area (Å²) in [6.07, 6.45) is 3.96. The maximum atomic E-state index is 4.52. The molecule has 0 atom stereocenters. The number of nitrogens with zero attached hydrogens (tertiary/aromatic N) is 2. The lowest BCUT2D eigenvalue weighted by Crippen LogP contribution is -1.91. The van der Waals surface area contributed by atoms with Gasteiger partial charge in [0.05, 0.1) is 5.69 Å². The average Bonchev–Trinajstić information content (AvgIpc) is 2.43. The molecule has 2 heterocycles. The van der Waals surface area contributed by atoms with Crippen LogP contribution in [-0.4, -0.2) is 9.38 Å². The van der Waals surface area contributed by atoms with Gasteiger partial charge in [0.15, 0.2) is 0 Å². The molecule has 0 unspecified atom stereocenters. The Labute approximate surface area is 83.9 Å². The minimum absolute atomic E-state index is 1.00. The van der Waals surface area contributed by atoms with Crippen LogP contribution in [0.15, 0.2) is 18.8 Å².